The van der Waals surface area contributed by atoms with Crippen molar-refractivity contribution in [3.8, 4) is 11.5 Å². The number of thiazole rings is 1. The first kappa shape index (κ1) is 27.6. The van der Waals surface area contributed by atoms with Crippen LogP contribution in [0.2, 0.25) is 0 Å². The van der Waals surface area contributed by atoms with Crippen LogP contribution in [0.5, 0.6) is 11.5 Å². The monoisotopic (exact) mass is 618 g/mol. The van der Waals surface area contributed by atoms with Gasteiger partial charge in [0.25, 0.3) is 5.56 Å². The van der Waals surface area contributed by atoms with Crippen molar-refractivity contribution in [2.75, 3.05) is 14.2 Å². The number of ether oxygens (including phenoxy) is 3. The van der Waals surface area contributed by atoms with Gasteiger partial charge in [0.2, 0.25) is 0 Å². The van der Waals surface area contributed by atoms with Gasteiger partial charge in [-0.05, 0) is 41.3 Å². The lowest BCUT2D eigenvalue weighted by atomic mass is 9.95. The molecule has 4 aromatic rings. The van der Waals surface area contributed by atoms with E-state index in [1.165, 1.54) is 18.4 Å². The third kappa shape index (κ3) is 5.39. The van der Waals surface area contributed by atoms with Gasteiger partial charge in [-0.1, -0.05) is 94.9 Å². The smallest absolute Gasteiger partial charge is 0.338 e. The topological polar surface area (TPSA) is 79.1 Å². The molecular formula is C31H27BrN2O5S. The molecule has 0 radical (unpaired) electrons. The molecule has 0 amide bonds. The predicted octanol–water partition coefficient (Wildman–Crippen LogP) is 5.15. The van der Waals surface area contributed by atoms with Gasteiger partial charge >= 0.3 is 5.97 Å². The summed E-state index contributed by atoms with van der Waals surface area (Å²) in [6.45, 7) is 2.33. The van der Waals surface area contributed by atoms with Crippen molar-refractivity contribution in [3.63, 3.8) is 0 Å². The van der Waals surface area contributed by atoms with E-state index in [-0.39, 0.29) is 5.56 Å². The molecule has 0 saturated heterocycles. The normalized spacial score (nSPS) is 14.9. The maximum Gasteiger partial charge on any atom is 0.338 e. The van der Waals surface area contributed by atoms with Crippen molar-refractivity contribution in [2.45, 2.75) is 26.0 Å². The van der Waals surface area contributed by atoms with Crippen LogP contribution in [0.3, 0.4) is 0 Å². The predicted molar refractivity (Wildman–Crippen MR) is 158 cm³/mol. The fourth-order valence-corrected chi connectivity index (χ4v) is 6.07. The van der Waals surface area contributed by atoms with Gasteiger partial charge in [0, 0.05) is 4.47 Å². The molecule has 1 aliphatic heterocycles. The molecule has 1 atom stereocenters. The molecule has 0 aliphatic carbocycles. The van der Waals surface area contributed by atoms with E-state index in [0.717, 1.165) is 21.2 Å². The summed E-state index contributed by atoms with van der Waals surface area (Å²) in [5, 5.41) is 0. The fourth-order valence-electron chi connectivity index (χ4n) is 4.63. The maximum absolute atomic E-state index is 13.9. The lowest BCUT2D eigenvalue weighted by molar-refractivity contribution is -0.136. The Morgan fingerprint density at radius 1 is 1.05 bits per heavy atom. The lowest BCUT2D eigenvalue weighted by Crippen LogP contribution is -2.40. The molecule has 0 saturated carbocycles. The highest BCUT2D eigenvalue weighted by atomic mass is 79.9. The molecule has 40 heavy (non-hydrogen) atoms. The number of nitrogens with zero attached hydrogens (tertiary/aromatic N) is 2. The number of methoxy groups -OCH3 is 2. The zero-order chi connectivity index (χ0) is 28.2. The Morgan fingerprint density at radius 3 is 2.40 bits per heavy atom. The van der Waals surface area contributed by atoms with Crippen LogP contribution in [0.25, 0.3) is 6.08 Å². The SMILES string of the molecule is CCC1=C(C(=O)OC)[C@H](c2ccccc2)n2c(s/c(=C\c3cc(OC)c(OCc4ccccc4)cc3Br)c2=O)=N1. The Hall–Kier alpha value is -3.95. The van der Waals surface area contributed by atoms with Gasteiger partial charge in [-0.3, -0.25) is 9.36 Å². The van der Waals surface area contributed by atoms with Gasteiger partial charge in [-0.2, -0.15) is 0 Å². The zero-order valence-electron chi connectivity index (χ0n) is 22.2. The fraction of sp³-hybridized carbons (Fsp3) is 0.194. The van der Waals surface area contributed by atoms with Crippen LogP contribution in [-0.4, -0.2) is 24.8 Å². The Bertz CT molecular complexity index is 1760. The molecule has 7 nitrogen and oxygen atoms in total. The number of fused-ring (bicyclic) bond motifs is 1. The molecule has 0 unspecified atom stereocenters. The summed E-state index contributed by atoms with van der Waals surface area (Å²) in [4.78, 5) is 32.1. The third-order valence-electron chi connectivity index (χ3n) is 6.57. The second kappa shape index (κ2) is 12.1. The molecule has 0 fully saturated rings. The Morgan fingerprint density at radius 2 is 1.75 bits per heavy atom. The molecule has 0 spiro atoms. The molecular weight excluding hydrogens is 592 g/mol. The number of esters is 1. The largest absolute Gasteiger partial charge is 0.493 e. The van der Waals surface area contributed by atoms with E-state index in [1.807, 2.05) is 79.7 Å². The summed E-state index contributed by atoms with van der Waals surface area (Å²) in [6.07, 6.45) is 2.32. The van der Waals surface area contributed by atoms with E-state index in [4.69, 9.17) is 19.2 Å². The van der Waals surface area contributed by atoms with Gasteiger partial charge in [0.05, 0.1) is 36.1 Å². The highest BCUT2D eigenvalue weighted by molar-refractivity contribution is 9.10. The van der Waals surface area contributed by atoms with Crippen LogP contribution in [0.4, 0.5) is 0 Å². The van der Waals surface area contributed by atoms with Crippen LogP contribution in [-0.2, 0) is 16.1 Å². The summed E-state index contributed by atoms with van der Waals surface area (Å²) < 4.78 is 19.6. The minimum absolute atomic E-state index is 0.246. The standard InChI is InChI=1S/C31H27BrN2O5S/c1-4-23-27(30(36)38-3)28(20-13-9-6-10-14-20)34-29(35)26(40-31(34)33-23)16-21-15-24(37-2)25(17-22(21)32)39-18-19-11-7-5-8-12-19/h5-17,28H,4,18H2,1-3H3/b26-16-/t28-/m0/s1. The molecule has 0 bridgehead atoms. The van der Waals surface area contributed by atoms with E-state index in [2.05, 4.69) is 15.9 Å². The highest BCUT2D eigenvalue weighted by Crippen LogP contribution is 2.35. The summed E-state index contributed by atoms with van der Waals surface area (Å²) in [5.74, 6) is 0.625. The molecule has 1 aliphatic rings. The van der Waals surface area contributed by atoms with Crippen LogP contribution in [0.1, 0.15) is 36.1 Å². The second-order valence-electron chi connectivity index (χ2n) is 9.00. The van der Waals surface area contributed by atoms with Crippen molar-refractivity contribution >= 4 is 39.3 Å². The number of carbonyl (C=O) groups excluding carboxylic acids is 1. The van der Waals surface area contributed by atoms with Crippen LogP contribution in [0.15, 0.2) is 98.3 Å². The number of hydrogen-bond donors (Lipinski definition) is 0. The molecule has 1 aromatic heterocycles. The number of hydrogen-bond acceptors (Lipinski definition) is 7. The van der Waals surface area contributed by atoms with Crippen molar-refractivity contribution < 1.29 is 19.0 Å². The summed E-state index contributed by atoms with van der Waals surface area (Å²) >= 11 is 4.91. The molecule has 9 heteroatoms. The zero-order valence-corrected chi connectivity index (χ0v) is 24.6. The van der Waals surface area contributed by atoms with Crippen molar-refractivity contribution in [2.24, 2.45) is 4.99 Å². The molecule has 0 N–H and O–H groups in total. The molecule has 5 rings (SSSR count). The average molecular weight is 620 g/mol. The minimum atomic E-state index is -0.645. The van der Waals surface area contributed by atoms with E-state index < -0.39 is 12.0 Å². The highest BCUT2D eigenvalue weighted by Gasteiger charge is 2.33. The summed E-state index contributed by atoms with van der Waals surface area (Å²) in [7, 11) is 2.92. The number of benzene rings is 3. The first-order chi connectivity index (χ1) is 19.4. The maximum atomic E-state index is 13.9. The minimum Gasteiger partial charge on any atom is -0.493 e. The Balaban J connectivity index is 1.60. The first-order valence-electron chi connectivity index (χ1n) is 12.7. The molecule has 2 heterocycles. The molecule has 3 aromatic carbocycles. The quantitative estimate of drug-likeness (QED) is 0.255. The lowest BCUT2D eigenvalue weighted by Gasteiger charge is -2.25. The van der Waals surface area contributed by atoms with E-state index >= 15 is 0 Å². The van der Waals surface area contributed by atoms with E-state index in [0.29, 0.717) is 45.1 Å². The third-order valence-corrected chi connectivity index (χ3v) is 8.24. The number of allylic oxidation sites excluding steroid dienone is 1. The number of halogens is 1. The van der Waals surface area contributed by atoms with E-state index in [1.54, 1.807) is 17.8 Å². The van der Waals surface area contributed by atoms with E-state index in [9.17, 15) is 9.59 Å². The van der Waals surface area contributed by atoms with Crippen LogP contribution in [0, 0.1) is 0 Å². The van der Waals surface area contributed by atoms with Crippen LogP contribution < -0.4 is 24.4 Å². The average Bonchev–Trinajstić information content (AvgIpc) is 3.30. The summed E-state index contributed by atoms with van der Waals surface area (Å²) in [6, 6.07) is 22.4. The van der Waals surface area contributed by atoms with Crippen molar-refractivity contribution in [1.29, 1.82) is 0 Å². The van der Waals surface area contributed by atoms with Crippen molar-refractivity contribution in [3.05, 3.63) is 125 Å². The number of rotatable bonds is 8. The number of aromatic nitrogens is 1. The Kier molecular flexibility index (Phi) is 8.32. The van der Waals surface area contributed by atoms with Crippen molar-refractivity contribution in [1.82, 2.24) is 4.57 Å². The van der Waals surface area contributed by atoms with Gasteiger partial charge in [0.15, 0.2) is 16.3 Å². The second-order valence-corrected chi connectivity index (χ2v) is 10.9. The van der Waals surface area contributed by atoms with Gasteiger partial charge in [0.1, 0.15) is 6.61 Å². The molecule has 204 valence electrons. The van der Waals surface area contributed by atoms with Gasteiger partial charge in [-0.25, -0.2) is 9.79 Å². The number of carbonyl (C=O) groups is 1. The first-order valence-corrected chi connectivity index (χ1v) is 14.3. The van der Waals surface area contributed by atoms with Crippen LogP contribution >= 0.6 is 27.3 Å². The van der Waals surface area contributed by atoms with Gasteiger partial charge in [-0.15, -0.1) is 0 Å². The Labute approximate surface area is 243 Å². The summed E-state index contributed by atoms with van der Waals surface area (Å²) in [5.41, 5.74) is 3.32. The van der Waals surface area contributed by atoms with Gasteiger partial charge < -0.3 is 14.2 Å².